The second-order valence-electron chi connectivity index (χ2n) is 6.49. The summed E-state index contributed by atoms with van der Waals surface area (Å²) in [5, 5.41) is 9.80. The Morgan fingerprint density at radius 1 is 1.08 bits per heavy atom. The summed E-state index contributed by atoms with van der Waals surface area (Å²) in [4.78, 5) is 1.18. The Hall–Kier alpha value is -1.16. The van der Waals surface area contributed by atoms with E-state index >= 15 is 0 Å². The Morgan fingerprint density at radius 3 is 2.12 bits per heavy atom. The summed E-state index contributed by atoms with van der Waals surface area (Å²) in [6.45, 7) is 4.56. The van der Waals surface area contributed by atoms with E-state index in [2.05, 4.69) is 0 Å². The molecule has 1 aliphatic rings. The minimum Gasteiger partial charge on any atom is -0.389 e. The zero-order valence-corrected chi connectivity index (χ0v) is 14.4. The molecule has 1 saturated heterocycles. The number of β-amino-alcohol motifs (C(OH)–C–C–N with tert-alkyl or cyclic N) is 1. The number of halogens is 3. The lowest BCUT2D eigenvalue weighted by Crippen LogP contribution is -2.52. The molecular weight excluding hydrogens is 345 g/mol. The lowest BCUT2D eigenvalue weighted by atomic mass is 10.1. The average Bonchev–Trinajstić information content (AvgIpc) is 2.45. The molecule has 0 bridgehead atoms. The van der Waals surface area contributed by atoms with Gasteiger partial charge in [-0.15, -0.1) is 0 Å². The Kier molecular flexibility index (Phi) is 5.29. The van der Waals surface area contributed by atoms with Crippen molar-refractivity contribution in [1.82, 2.24) is 9.21 Å². The van der Waals surface area contributed by atoms with Crippen LogP contribution in [0.1, 0.15) is 19.4 Å². The van der Waals surface area contributed by atoms with Gasteiger partial charge in [0.1, 0.15) is 0 Å². The predicted molar refractivity (Wildman–Crippen MR) is 82.9 cm³/mol. The average molecular weight is 366 g/mol. The van der Waals surface area contributed by atoms with Crippen LogP contribution in [0.2, 0.25) is 0 Å². The molecule has 2 rings (SSSR count). The van der Waals surface area contributed by atoms with E-state index in [4.69, 9.17) is 0 Å². The van der Waals surface area contributed by atoms with Crippen LogP contribution in [0.3, 0.4) is 0 Å². The standard InChI is InChI=1S/C15H21F3N2O3S/c1-14(2,21)11-19-7-9-20(10-8-19)24(22,23)13-6-4-3-5-12(13)15(16,17)18/h3-6,21H,7-11H2,1-2H3. The minimum absolute atomic E-state index is 0.0879. The van der Waals surface area contributed by atoms with Crippen LogP contribution in [-0.2, 0) is 16.2 Å². The molecule has 24 heavy (non-hydrogen) atoms. The highest BCUT2D eigenvalue weighted by atomic mass is 32.2. The van der Waals surface area contributed by atoms with Gasteiger partial charge in [-0.1, -0.05) is 12.1 Å². The Labute approximate surface area is 139 Å². The molecule has 1 aliphatic heterocycles. The molecule has 1 fully saturated rings. The van der Waals surface area contributed by atoms with Crippen LogP contribution < -0.4 is 0 Å². The van der Waals surface area contributed by atoms with Crippen LogP contribution in [0, 0.1) is 0 Å². The van der Waals surface area contributed by atoms with Gasteiger partial charge in [0.05, 0.1) is 16.1 Å². The van der Waals surface area contributed by atoms with Gasteiger partial charge in [0.15, 0.2) is 0 Å². The fourth-order valence-corrected chi connectivity index (χ4v) is 4.37. The normalized spacial score (nSPS) is 18.8. The van der Waals surface area contributed by atoms with Crippen molar-refractivity contribution in [1.29, 1.82) is 0 Å². The smallest absolute Gasteiger partial charge is 0.389 e. The quantitative estimate of drug-likeness (QED) is 0.883. The van der Waals surface area contributed by atoms with Crippen molar-refractivity contribution in [3.05, 3.63) is 29.8 Å². The van der Waals surface area contributed by atoms with Gasteiger partial charge in [-0.05, 0) is 26.0 Å². The minimum atomic E-state index is -4.73. The number of sulfonamides is 1. The fourth-order valence-electron chi connectivity index (χ4n) is 2.74. The molecule has 1 N–H and O–H groups in total. The first kappa shape index (κ1) is 19.2. The van der Waals surface area contributed by atoms with Crippen LogP contribution in [-0.4, -0.2) is 61.1 Å². The Balaban J connectivity index is 2.19. The van der Waals surface area contributed by atoms with Crippen LogP contribution in [0.15, 0.2) is 29.2 Å². The van der Waals surface area contributed by atoms with Crippen molar-refractivity contribution in [2.75, 3.05) is 32.7 Å². The molecule has 1 heterocycles. The summed E-state index contributed by atoms with van der Waals surface area (Å²) in [7, 11) is -4.22. The second-order valence-corrected chi connectivity index (χ2v) is 8.39. The zero-order chi connectivity index (χ0) is 18.2. The van der Waals surface area contributed by atoms with E-state index in [1.807, 2.05) is 4.90 Å². The van der Waals surface area contributed by atoms with Gasteiger partial charge in [0.2, 0.25) is 10.0 Å². The first-order chi connectivity index (χ1) is 10.9. The van der Waals surface area contributed by atoms with Gasteiger partial charge in [-0.25, -0.2) is 8.42 Å². The zero-order valence-electron chi connectivity index (χ0n) is 13.5. The summed E-state index contributed by atoms with van der Waals surface area (Å²) in [5.74, 6) is 0. The third-order valence-electron chi connectivity index (χ3n) is 3.75. The lowest BCUT2D eigenvalue weighted by molar-refractivity contribution is -0.139. The van der Waals surface area contributed by atoms with Crippen LogP contribution in [0.4, 0.5) is 13.2 Å². The first-order valence-corrected chi connectivity index (χ1v) is 8.96. The summed E-state index contributed by atoms with van der Waals surface area (Å²) < 4.78 is 65.5. The number of hydrogen-bond donors (Lipinski definition) is 1. The monoisotopic (exact) mass is 366 g/mol. The van der Waals surface area contributed by atoms with Crippen LogP contribution >= 0.6 is 0 Å². The van der Waals surface area contributed by atoms with Crippen molar-refractivity contribution in [3.8, 4) is 0 Å². The van der Waals surface area contributed by atoms with Crippen molar-refractivity contribution >= 4 is 10.0 Å². The van der Waals surface area contributed by atoms with Crippen molar-refractivity contribution in [3.63, 3.8) is 0 Å². The summed E-state index contributed by atoms with van der Waals surface area (Å²) in [5.41, 5.74) is -2.06. The third-order valence-corrected chi connectivity index (χ3v) is 5.71. The largest absolute Gasteiger partial charge is 0.417 e. The third kappa shape index (κ3) is 4.47. The van der Waals surface area contributed by atoms with Crippen molar-refractivity contribution < 1.29 is 26.7 Å². The fraction of sp³-hybridized carbons (Fsp3) is 0.600. The molecule has 5 nitrogen and oxygen atoms in total. The summed E-state index contributed by atoms with van der Waals surface area (Å²) in [6.07, 6.45) is -4.73. The van der Waals surface area contributed by atoms with Gasteiger partial charge < -0.3 is 5.11 Å². The van der Waals surface area contributed by atoms with E-state index < -0.39 is 32.3 Å². The molecule has 0 aliphatic carbocycles. The number of alkyl halides is 3. The second kappa shape index (κ2) is 6.62. The number of nitrogens with zero attached hydrogens (tertiary/aromatic N) is 2. The van der Waals surface area contributed by atoms with Gasteiger partial charge in [-0.3, -0.25) is 4.90 Å². The highest BCUT2D eigenvalue weighted by Crippen LogP contribution is 2.35. The first-order valence-electron chi connectivity index (χ1n) is 7.52. The van der Waals surface area contributed by atoms with Gasteiger partial charge in [-0.2, -0.15) is 17.5 Å². The summed E-state index contributed by atoms with van der Waals surface area (Å²) >= 11 is 0. The number of aliphatic hydroxyl groups is 1. The van der Waals surface area contributed by atoms with E-state index in [1.54, 1.807) is 13.8 Å². The van der Waals surface area contributed by atoms with Crippen molar-refractivity contribution in [2.24, 2.45) is 0 Å². The predicted octanol–water partition coefficient (Wildman–Crippen LogP) is 1.78. The molecule has 0 unspecified atom stereocenters. The van der Waals surface area contributed by atoms with Gasteiger partial charge in [0, 0.05) is 32.7 Å². The van der Waals surface area contributed by atoms with E-state index in [9.17, 15) is 26.7 Å². The molecule has 0 atom stereocenters. The Morgan fingerprint density at radius 2 is 1.62 bits per heavy atom. The van der Waals surface area contributed by atoms with Crippen LogP contribution in [0.25, 0.3) is 0 Å². The molecule has 0 saturated carbocycles. The number of piperazine rings is 1. The lowest BCUT2D eigenvalue weighted by Gasteiger charge is -2.36. The maximum absolute atomic E-state index is 13.1. The molecule has 136 valence electrons. The molecule has 9 heteroatoms. The molecule has 0 radical (unpaired) electrons. The highest BCUT2D eigenvalue weighted by molar-refractivity contribution is 7.89. The topological polar surface area (TPSA) is 60.9 Å². The SMILES string of the molecule is CC(C)(O)CN1CCN(S(=O)(=O)c2ccccc2C(F)(F)F)CC1. The molecule has 0 aromatic heterocycles. The number of benzene rings is 1. The maximum atomic E-state index is 13.1. The van der Waals surface area contributed by atoms with E-state index in [0.717, 1.165) is 16.4 Å². The molecular formula is C15H21F3N2O3S. The van der Waals surface area contributed by atoms with E-state index in [-0.39, 0.29) is 13.1 Å². The van der Waals surface area contributed by atoms with Crippen molar-refractivity contribution in [2.45, 2.75) is 30.5 Å². The Bertz CT molecular complexity index is 676. The molecule has 0 amide bonds. The summed E-state index contributed by atoms with van der Waals surface area (Å²) in [6, 6.07) is 4.22. The van der Waals surface area contributed by atoms with E-state index in [1.165, 1.54) is 12.1 Å². The highest BCUT2D eigenvalue weighted by Gasteiger charge is 2.39. The maximum Gasteiger partial charge on any atom is 0.417 e. The van der Waals surface area contributed by atoms with Gasteiger partial charge in [0.25, 0.3) is 0 Å². The molecule has 1 aromatic rings. The van der Waals surface area contributed by atoms with E-state index in [0.29, 0.717) is 19.6 Å². The number of hydrogen-bond acceptors (Lipinski definition) is 4. The molecule has 1 aromatic carbocycles. The number of rotatable bonds is 4. The van der Waals surface area contributed by atoms with Crippen LogP contribution in [0.5, 0.6) is 0 Å². The molecule has 0 spiro atoms. The van der Waals surface area contributed by atoms with Gasteiger partial charge >= 0.3 is 6.18 Å².